The summed E-state index contributed by atoms with van der Waals surface area (Å²) in [5.41, 5.74) is 0.924. The first kappa shape index (κ1) is 13.3. The predicted octanol–water partition coefficient (Wildman–Crippen LogP) is 1.46. The molecule has 4 nitrogen and oxygen atoms in total. The summed E-state index contributed by atoms with van der Waals surface area (Å²) in [5, 5.41) is 3.94. The second-order valence-electron chi connectivity index (χ2n) is 4.26. The van der Waals surface area contributed by atoms with Crippen LogP contribution < -0.4 is 5.32 Å². The van der Waals surface area contributed by atoms with Crippen LogP contribution in [0.4, 0.5) is 0 Å². The number of hydrogen-bond donors (Lipinski definition) is 1. The Morgan fingerprint density at radius 2 is 1.94 bits per heavy atom. The normalized spacial score (nSPS) is 18.3. The molecule has 5 heteroatoms. The Morgan fingerprint density at radius 3 is 2.50 bits per heavy atom. The van der Waals surface area contributed by atoms with Crippen LogP contribution in [0.25, 0.3) is 0 Å². The van der Waals surface area contributed by atoms with Crippen molar-refractivity contribution in [2.75, 3.05) is 33.3 Å². The van der Waals surface area contributed by atoms with Crippen molar-refractivity contribution in [3.05, 3.63) is 34.9 Å². The SMILES string of the molecule is COC(=O)C(c1ccc(Cl)cc1)N1CCNCC1. The standard InChI is InChI=1S/C13H17ClN2O2/c1-18-13(17)12(16-8-6-15-7-9-16)10-2-4-11(14)5-3-10/h2-5,12,15H,6-9H2,1H3. The summed E-state index contributed by atoms with van der Waals surface area (Å²) < 4.78 is 4.92. The molecule has 98 valence electrons. The molecule has 0 amide bonds. The van der Waals surface area contributed by atoms with Gasteiger partial charge >= 0.3 is 5.97 Å². The molecular formula is C13H17ClN2O2. The number of nitrogens with zero attached hydrogens (tertiary/aromatic N) is 1. The summed E-state index contributed by atoms with van der Waals surface area (Å²) in [5.74, 6) is -0.223. The van der Waals surface area contributed by atoms with Crippen molar-refractivity contribution in [1.82, 2.24) is 10.2 Å². The number of carbonyl (C=O) groups is 1. The molecule has 18 heavy (non-hydrogen) atoms. The molecule has 0 spiro atoms. The lowest BCUT2D eigenvalue weighted by atomic mass is 10.0. The van der Waals surface area contributed by atoms with E-state index in [1.807, 2.05) is 12.1 Å². The molecule has 1 fully saturated rings. The van der Waals surface area contributed by atoms with E-state index < -0.39 is 0 Å². The summed E-state index contributed by atoms with van der Waals surface area (Å²) in [7, 11) is 1.42. The number of halogens is 1. The number of methoxy groups -OCH3 is 1. The number of piperazine rings is 1. The van der Waals surface area contributed by atoms with E-state index in [0.717, 1.165) is 31.7 Å². The molecule has 2 rings (SSSR count). The first-order valence-corrected chi connectivity index (χ1v) is 6.38. The second-order valence-corrected chi connectivity index (χ2v) is 4.70. The smallest absolute Gasteiger partial charge is 0.327 e. The van der Waals surface area contributed by atoms with Gasteiger partial charge in [0, 0.05) is 31.2 Å². The predicted molar refractivity (Wildman–Crippen MR) is 70.7 cm³/mol. The maximum absolute atomic E-state index is 12.0. The van der Waals surface area contributed by atoms with Crippen molar-refractivity contribution in [2.45, 2.75) is 6.04 Å². The second kappa shape index (κ2) is 6.18. The minimum Gasteiger partial charge on any atom is -0.468 e. The Bertz CT molecular complexity index is 402. The van der Waals surface area contributed by atoms with Crippen molar-refractivity contribution >= 4 is 17.6 Å². The molecule has 1 saturated heterocycles. The van der Waals surface area contributed by atoms with Gasteiger partial charge < -0.3 is 10.1 Å². The number of benzene rings is 1. The average molecular weight is 269 g/mol. The molecule has 1 atom stereocenters. The van der Waals surface area contributed by atoms with Gasteiger partial charge in [-0.1, -0.05) is 23.7 Å². The van der Waals surface area contributed by atoms with Gasteiger partial charge in [-0.15, -0.1) is 0 Å². The topological polar surface area (TPSA) is 41.6 Å². The molecule has 0 bridgehead atoms. The van der Waals surface area contributed by atoms with E-state index >= 15 is 0 Å². The molecular weight excluding hydrogens is 252 g/mol. The van der Waals surface area contributed by atoms with Crippen molar-refractivity contribution in [3.8, 4) is 0 Å². The number of nitrogens with one attached hydrogen (secondary N) is 1. The Hall–Kier alpha value is -1.10. The van der Waals surface area contributed by atoms with Gasteiger partial charge in [0.25, 0.3) is 0 Å². The van der Waals surface area contributed by atoms with Crippen molar-refractivity contribution in [2.24, 2.45) is 0 Å². The van der Waals surface area contributed by atoms with E-state index in [-0.39, 0.29) is 12.0 Å². The van der Waals surface area contributed by atoms with Gasteiger partial charge in [0.05, 0.1) is 7.11 Å². The Balaban J connectivity index is 2.23. The quantitative estimate of drug-likeness (QED) is 0.843. The van der Waals surface area contributed by atoms with Gasteiger partial charge in [-0.3, -0.25) is 4.90 Å². The van der Waals surface area contributed by atoms with Crippen LogP contribution >= 0.6 is 11.6 Å². The summed E-state index contributed by atoms with van der Waals surface area (Å²) in [6, 6.07) is 7.02. The lowest BCUT2D eigenvalue weighted by molar-refractivity contribution is -0.147. The minimum atomic E-state index is -0.339. The molecule has 1 aromatic rings. The van der Waals surface area contributed by atoms with Gasteiger partial charge in [-0.05, 0) is 17.7 Å². The maximum atomic E-state index is 12.0. The van der Waals surface area contributed by atoms with Gasteiger partial charge in [0.2, 0.25) is 0 Å². The third-order valence-corrected chi connectivity index (χ3v) is 3.38. The highest BCUT2D eigenvalue weighted by atomic mass is 35.5. The van der Waals surface area contributed by atoms with E-state index in [1.54, 1.807) is 12.1 Å². The summed E-state index contributed by atoms with van der Waals surface area (Å²) in [6.45, 7) is 3.45. The maximum Gasteiger partial charge on any atom is 0.327 e. The highest BCUT2D eigenvalue weighted by Crippen LogP contribution is 2.24. The molecule has 1 aromatic carbocycles. The number of hydrogen-bond acceptors (Lipinski definition) is 4. The molecule has 1 N–H and O–H groups in total. The van der Waals surface area contributed by atoms with E-state index in [0.29, 0.717) is 5.02 Å². The molecule has 1 aliphatic heterocycles. The zero-order chi connectivity index (χ0) is 13.0. The third kappa shape index (κ3) is 3.02. The Morgan fingerprint density at radius 1 is 1.33 bits per heavy atom. The van der Waals surface area contributed by atoms with Crippen LogP contribution in [0.1, 0.15) is 11.6 Å². The van der Waals surface area contributed by atoms with Crippen molar-refractivity contribution < 1.29 is 9.53 Å². The zero-order valence-electron chi connectivity index (χ0n) is 10.4. The third-order valence-electron chi connectivity index (χ3n) is 3.13. The molecule has 0 aromatic heterocycles. The van der Waals surface area contributed by atoms with Gasteiger partial charge in [-0.25, -0.2) is 4.79 Å². The molecule has 1 unspecified atom stereocenters. The Labute approximate surface area is 112 Å². The van der Waals surface area contributed by atoms with E-state index in [9.17, 15) is 4.79 Å². The number of ether oxygens (including phenoxy) is 1. The number of esters is 1. The van der Waals surface area contributed by atoms with E-state index in [4.69, 9.17) is 16.3 Å². The Kier molecular flexibility index (Phi) is 4.58. The zero-order valence-corrected chi connectivity index (χ0v) is 11.1. The molecule has 1 heterocycles. The number of rotatable bonds is 3. The van der Waals surface area contributed by atoms with Crippen LogP contribution in [0.5, 0.6) is 0 Å². The first-order valence-electron chi connectivity index (χ1n) is 6.00. The van der Waals surface area contributed by atoms with Crippen LogP contribution in [-0.2, 0) is 9.53 Å². The van der Waals surface area contributed by atoms with Gasteiger partial charge in [-0.2, -0.15) is 0 Å². The van der Waals surface area contributed by atoms with Crippen LogP contribution in [0.15, 0.2) is 24.3 Å². The lowest BCUT2D eigenvalue weighted by Gasteiger charge is -2.33. The van der Waals surface area contributed by atoms with Crippen LogP contribution in [-0.4, -0.2) is 44.2 Å². The first-order chi connectivity index (χ1) is 8.72. The van der Waals surface area contributed by atoms with Crippen LogP contribution in [0, 0.1) is 0 Å². The van der Waals surface area contributed by atoms with E-state index in [1.165, 1.54) is 7.11 Å². The summed E-state index contributed by atoms with van der Waals surface area (Å²) in [4.78, 5) is 14.1. The summed E-state index contributed by atoms with van der Waals surface area (Å²) >= 11 is 5.88. The fourth-order valence-corrected chi connectivity index (χ4v) is 2.32. The highest BCUT2D eigenvalue weighted by molar-refractivity contribution is 6.30. The van der Waals surface area contributed by atoms with Gasteiger partial charge in [0.1, 0.15) is 6.04 Å². The summed E-state index contributed by atoms with van der Waals surface area (Å²) in [6.07, 6.45) is 0. The highest BCUT2D eigenvalue weighted by Gasteiger charge is 2.29. The molecule has 1 aliphatic rings. The van der Waals surface area contributed by atoms with Crippen molar-refractivity contribution in [3.63, 3.8) is 0 Å². The average Bonchev–Trinajstić information content (AvgIpc) is 2.42. The van der Waals surface area contributed by atoms with Crippen molar-refractivity contribution in [1.29, 1.82) is 0 Å². The fraction of sp³-hybridized carbons (Fsp3) is 0.462. The lowest BCUT2D eigenvalue weighted by Crippen LogP contribution is -2.47. The number of carbonyl (C=O) groups excluding carboxylic acids is 1. The monoisotopic (exact) mass is 268 g/mol. The molecule has 0 saturated carbocycles. The van der Waals surface area contributed by atoms with Gasteiger partial charge in [0.15, 0.2) is 0 Å². The van der Waals surface area contributed by atoms with Crippen LogP contribution in [0.3, 0.4) is 0 Å². The molecule has 0 radical (unpaired) electrons. The molecule has 0 aliphatic carbocycles. The minimum absolute atomic E-state index is 0.223. The fourth-order valence-electron chi connectivity index (χ4n) is 2.19. The van der Waals surface area contributed by atoms with E-state index in [2.05, 4.69) is 10.2 Å². The van der Waals surface area contributed by atoms with Crippen LogP contribution in [0.2, 0.25) is 5.02 Å². The largest absolute Gasteiger partial charge is 0.468 e.